The molecule has 0 unspecified atom stereocenters. The molecule has 0 amide bonds. The zero-order valence-corrected chi connectivity index (χ0v) is 11.2. The Kier molecular flexibility index (Phi) is 3.25. The molecule has 2 aliphatic rings. The van der Waals surface area contributed by atoms with E-state index in [0.29, 0.717) is 12.1 Å². The number of aromatic nitrogens is 1. The lowest BCUT2D eigenvalue weighted by Crippen LogP contribution is -2.39. The molecule has 18 heavy (non-hydrogen) atoms. The van der Waals surface area contributed by atoms with E-state index < -0.39 is 0 Å². The molecule has 98 valence electrons. The maximum absolute atomic E-state index is 5.98. The van der Waals surface area contributed by atoms with Gasteiger partial charge in [0.05, 0.1) is 0 Å². The first-order valence-corrected chi connectivity index (χ1v) is 7.21. The van der Waals surface area contributed by atoms with Gasteiger partial charge in [-0.15, -0.1) is 0 Å². The topological polar surface area (TPSA) is 42.2 Å². The van der Waals surface area contributed by atoms with Crippen molar-refractivity contribution in [3.05, 3.63) is 23.4 Å². The van der Waals surface area contributed by atoms with Gasteiger partial charge in [-0.05, 0) is 56.6 Å². The SMILES string of the molecule is CN(c1ccc2c(n1)CCC2)C1CCC(N)CC1. The molecule has 1 saturated carbocycles. The molecule has 1 heterocycles. The summed E-state index contributed by atoms with van der Waals surface area (Å²) in [6, 6.07) is 5.51. The first kappa shape index (κ1) is 12.0. The second kappa shape index (κ2) is 4.88. The summed E-state index contributed by atoms with van der Waals surface area (Å²) < 4.78 is 0. The van der Waals surface area contributed by atoms with Gasteiger partial charge in [0, 0.05) is 24.8 Å². The Morgan fingerprint density at radius 2 is 1.94 bits per heavy atom. The van der Waals surface area contributed by atoms with Crippen molar-refractivity contribution in [1.82, 2.24) is 4.98 Å². The Labute approximate surface area is 109 Å². The monoisotopic (exact) mass is 245 g/mol. The van der Waals surface area contributed by atoms with E-state index in [2.05, 4.69) is 24.1 Å². The molecular formula is C15H23N3. The second-order valence-corrected chi connectivity index (χ2v) is 5.81. The van der Waals surface area contributed by atoms with Crippen LogP contribution in [0.25, 0.3) is 0 Å². The molecule has 0 bridgehead atoms. The molecule has 0 atom stereocenters. The van der Waals surface area contributed by atoms with Gasteiger partial charge in [0.15, 0.2) is 0 Å². The third kappa shape index (κ3) is 2.24. The maximum atomic E-state index is 5.98. The number of hydrogen-bond acceptors (Lipinski definition) is 3. The number of anilines is 1. The average Bonchev–Trinajstić information content (AvgIpc) is 2.86. The summed E-state index contributed by atoms with van der Waals surface area (Å²) in [5.74, 6) is 1.15. The van der Waals surface area contributed by atoms with Crippen molar-refractivity contribution >= 4 is 5.82 Å². The molecule has 2 aliphatic carbocycles. The lowest BCUT2D eigenvalue weighted by molar-refractivity contribution is 0.383. The van der Waals surface area contributed by atoms with Crippen molar-refractivity contribution in [2.24, 2.45) is 5.73 Å². The molecule has 0 aliphatic heterocycles. The Morgan fingerprint density at radius 1 is 1.17 bits per heavy atom. The van der Waals surface area contributed by atoms with Gasteiger partial charge in [0.25, 0.3) is 0 Å². The van der Waals surface area contributed by atoms with Crippen molar-refractivity contribution in [3.63, 3.8) is 0 Å². The van der Waals surface area contributed by atoms with Crippen molar-refractivity contribution in [1.29, 1.82) is 0 Å². The molecule has 3 rings (SSSR count). The van der Waals surface area contributed by atoms with Gasteiger partial charge in [-0.2, -0.15) is 0 Å². The Balaban J connectivity index is 1.74. The van der Waals surface area contributed by atoms with E-state index in [1.807, 2.05) is 0 Å². The second-order valence-electron chi connectivity index (χ2n) is 5.81. The molecule has 1 fully saturated rings. The van der Waals surface area contributed by atoms with Crippen molar-refractivity contribution in [2.45, 2.75) is 57.0 Å². The quantitative estimate of drug-likeness (QED) is 0.869. The van der Waals surface area contributed by atoms with Crippen LogP contribution in [-0.4, -0.2) is 24.1 Å². The third-order valence-corrected chi connectivity index (χ3v) is 4.56. The van der Waals surface area contributed by atoms with E-state index in [-0.39, 0.29) is 0 Å². The van der Waals surface area contributed by atoms with Crippen LogP contribution in [0.15, 0.2) is 12.1 Å². The summed E-state index contributed by atoms with van der Waals surface area (Å²) in [4.78, 5) is 7.21. The van der Waals surface area contributed by atoms with Gasteiger partial charge < -0.3 is 10.6 Å². The van der Waals surface area contributed by atoms with E-state index in [1.54, 1.807) is 0 Å². The molecule has 0 saturated heterocycles. The van der Waals surface area contributed by atoms with Gasteiger partial charge in [0.1, 0.15) is 5.82 Å². The highest BCUT2D eigenvalue weighted by atomic mass is 15.2. The molecule has 2 N–H and O–H groups in total. The number of pyridine rings is 1. The Morgan fingerprint density at radius 3 is 2.72 bits per heavy atom. The Hall–Kier alpha value is -1.09. The smallest absolute Gasteiger partial charge is 0.128 e. The lowest BCUT2D eigenvalue weighted by Gasteiger charge is -2.34. The standard InChI is InChI=1S/C15H23N3/c1-18(13-8-6-12(16)7-9-13)15-10-5-11-3-2-4-14(11)17-15/h5,10,12-13H,2-4,6-9,16H2,1H3. The first-order chi connectivity index (χ1) is 8.74. The van der Waals surface area contributed by atoms with E-state index in [4.69, 9.17) is 10.7 Å². The van der Waals surface area contributed by atoms with Crippen molar-refractivity contribution in [2.75, 3.05) is 11.9 Å². The highest BCUT2D eigenvalue weighted by Gasteiger charge is 2.23. The molecule has 0 radical (unpaired) electrons. The normalized spacial score (nSPS) is 27.0. The molecule has 1 aromatic heterocycles. The Bertz CT molecular complexity index is 422. The maximum Gasteiger partial charge on any atom is 0.128 e. The molecule has 0 aromatic carbocycles. The van der Waals surface area contributed by atoms with E-state index in [1.165, 1.54) is 36.9 Å². The zero-order valence-electron chi connectivity index (χ0n) is 11.2. The van der Waals surface area contributed by atoms with Crippen LogP contribution in [0, 0.1) is 0 Å². The predicted octanol–water partition coefficient (Wildman–Crippen LogP) is 2.28. The van der Waals surface area contributed by atoms with Crippen LogP contribution in [0.2, 0.25) is 0 Å². The van der Waals surface area contributed by atoms with Crippen LogP contribution in [0.1, 0.15) is 43.4 Å². The number of rotatable bonds is 2. The number of fused-ring (bicyclic) bond motifs is 1. The number of aryl methyl sites for hydroxylation is 2. The summed E-state index contributed by atoms with van der Waals surface area (Å²) >= 11 is 0. The minimum absolute atomic E-state index is 0.419. The highest BCUT2D eigenvalue weighted by molar-refractivity contribution is 5.43. The predicted molar refractivity (Wildman–Crippen MR) is 74.9 cm³/mol. The van der Waals surface area contributed by atoms with Crippen LogP contribution in [0.5, 0.6) is 0 Å². The summed E-state index contributed by atoms with van der Waals surface area (Å²) in [5, 5.41) is 0. The van der Waals surface area contributed by atoms with Crippen molar-refractivity contribution < 1.29 is 0 Å². The lowest BCUT2D eigenvalue weighted by atomic mass is 9.91. The van der Waals surface area contributed by atoms with Crippen LogP contribution >= 0.6 is 0 Å². The van der Waals surface area contributed by atoms with Crippen LogP contribution in [-0.2, 0) is 12.8 Å². The third-order valence-electron chi connectivity index (χ3n) is 4.56. The van der Waals surface area contributed by atoms with Gasteiger partial charge in [-0.25, -0.2) is 4.98 Å². The molecular weight excluding hydrogens is 222 g/mol. The number of hydrogen-bond donors (Lipinski definition) is 1. The van der Waals surface area contributed by atoms with Gasteiger partial charge in [-0.1, -0.05) is 6.07 Å². The van der Waals surface area contributed by atoms with Crippen molar-refractivity contribution in [3.8, 4) is 0 Å². The average molecular weight is 245 g/mol. The van der Waals surface area contributed by atoms with Crippen LogP contribution in [0.4, 0.5) is 5.82 Å². The minimum Gasteiger partial charge on any atom is -0.357 e. The van der Waals surface area contributed by atoms with E-state index in [9.17, 15) is 0 Å². The van der Waals surface area contributed by atoms with E-state index >= 15 is 0 Å². The van der Waals surface area contributed by atoms with Gasteiger partial charge >= 0.3 is 0 Å². The number of nitrogens with two attached hydrogens (primary N) is 1. The molecule has 3 heteroatoms. The zero-order chi connectivity index (χ0) is 12.5. The summed E-state index contributed by atoms with van der Waals surface area (Å²) in [6.07, 6.45) is 8.36. The summed E-state index contributed by atoms with van der Waals surface area (Å²) in [6.45, 7) is 0. The first-order valence-electron chi connectivity index (χ1n) is 7.21. The molecule has 0 spiro atoms. The van der Waals surface area contributed by atoms with Crippen LogP contribution < -0.4 is 10.6 Å². The fraction of sp³-hybridized carbons (Fsp3) is 0.667. The summed E-state index contributed by atoms with van der Waals surface area (Å²) in [5.41, 5.74) is 8.76. The highest BCUT2D eigenvalue weighted by Crippen LogP contribution is 2.27. The number of nitrogens with zero attached hydrogens (tertiary/aromatic N) is 2. The largest absolute Gasteiger partial charge is 0.357 e. The van der Waals surface area contributed by atoms with Gasteiger partial charge in [0.2, 0.25) is 0 Å². The minimum atomic E-state index is 0.419. The fourth-order valence-corrected chi connectivity index (χ4v) is 3.28. The molecule has 3 nitrogen and oxygen atoms in total. The summed E-state index contributed by atoms with van der Waals surface area (Å²) in [7, 11) is 2.19. The van der Waals surface area contributed by atoms with Crippen LogP contribution in [0.3, 0.4) is 0 Å². The van der Waals surface area contributed by atoms with Gasteiger partial charge in [-0.3, -0.25) is 0 Å². The fourth-order valence-electron chi connectivity index (χ4n) is 3.28. The van der Waals surface area contributed by atoms with E-state index in [0.717, 1.165) is 25.1 Å². The molecule has 1 aromatic rings.